The maximum atomic E-state index is 5.63. The molecule has 1 heterocycles. The minimum Gasteiger partial charge on any atom is -0.467 e. The van der Waals surface area contributed by atoms with Crippen molar-refractivity contribution in [2.24, 2.45) is 0 Å². The van der Waals surface area contributed by atoms with Gasteiger partial charge in [-0.3, -0.25) is 0 Å². The van der Waals surface area contributed by atoms with Gasteiger partial charge in [0.25, 0.3) is 0 Å². The van der Waals surface area contributed by atoms with Crippen LogP contribution in [0.25, 0.3) is 0 Å². The molecule has 3 heteroatoms. The standard InChI is InChI=1S/C16H21NO2/c1-13(2)17-9-15-8-16(19-11-15)12-18-10-14-6-4-3-5-7-14/h3-8,11,13,17H,9-10,12H2,1-2H3. The second kappa shape index (κ2) is 7.12. The summed E-state index contributed by atoms with van der Waals surface area (Å²) in [6.45, 7) is 6.21. The lowest BCUT2D eigenvalue weighted by Gasteiger charge is -2.04. The fourth-order valence-electron chi connectivity index (χ4n) is 1.76. The topological polar surface area (TPSA) is 34.4 Å². The molecular formula is C16H21NO2. The van der Waals surface area contributed by atoms with Crippen molar-refractivity contribution < 1.29 is 9.15 Å². The predicted molar refractivity (Wildman–Crippen MR) is 75.6 cm³/mol. The molecule has 0 fully saturated rings. The molecule has 0 aliphatic rings. The van der Waals surface area contributed by atoms with Crippen molar-refractivity contribution in [2.45, 2.75) is 39.6 Å². The fraction of sp³-hybridized carbons (Fsp3) is 0.375. The summed E-state index contributed by atoms with van der Waals surface area (Å²) in [7, 11) is 0. The first-order valence-electron chi connectivity index (χ1n) is 6.65. The molecule has 0 saturated heterocycles. The van der Waals surface area contributed by atoms with Crippen molar-refractivity contribution in [3.63, 3.8) is 0 Å². The Kier molecular flexibility index (Phi) is 5.19. The summed E-state index contributed by atoms with van der Waals surface area (Å²) in [6, 6.07) is 12.7. The summed E-state index contributed by atoms with van der Waals surface area (Å²) >= 11 is 0. The Morgan fingerprint density at radius 3 is 2.63 bits per heavy atom. The van der Waals surface area contributed by atoms with Gasteiger partial charge in [0.2, 0.25) is 0 Å². The molecule has 1 aromatic heterocycles. The number of ether oxygens (including phenoxy) is 1. The van der Waals surface area contributed by atoms with E-state index in [1.165, 1.54) is 5.56 Å². The maximum absolute atomic E-state index is 5.63. The van der Waals surface area contributed by atoms with Crippen LogP contribution in [0.4, 0.5) is 0 Å². The fourth-order valence-corrected chi connectivity index (χ4v) is 1.76. The van der Waals surface area contributed by atoms with Gasteiger partial charge in [0.05, 0.1) is 12.9 Å². The van der Waals surface area contributed by atoms with Crippen molar-refractivity contribution in [1.29, 1.82) is 0 Å². The number of furan rings is 1. The third-order valence-electron chi connectivity index (χ3n) is 2.78. The molecule has 0 atom stereocenters. The third-order valence-corrected chi connectivity index (χ3v) is 2.78. The third kappa shape index (κ3) is 4.89. The number of rotatable bonds is 7. The van der Waals surface area contributed by atoms with E-state index in [9.17, 15) is 0 Å². The van der Waals surface area contributed by atoms with Crippen LogP contribution in [0.3, 0.4) is 0 Å². The number of hydrogen-bond acceptors (Lipinski definition) is 3. The van der Waals surface area contributed by atoms with E-state index in [-0.39, 0.29) is 0 Å². The molecule has 0 bridgehead atoms. The normalized spacial score (nSPS) is 11.1. The molecule has 0 radical (unpaired) electrons. The van der Waals surface area contributed by atoms with Crippen LogP contribution in [-0.2, 0) is 24.5 Å². The zero-order valence-electron chi connectivity index (χ0n) is 11.6. The number of hydrogen-bond donors (Lipinski definition) is 1. The molecule has 0 saturated carbocycles. The Morgan fingerprint density at radius 1 is 1.11 bits per heavy atom. The lowest BCUT2D eigenvalue weighted by atomic mass is 10.2. The van der Waals surface area contributed by atoms with Gasteiger partial charge in [-0.15, -0.1) is 0 Å². The number of benzene rings is 1. The van der Waals surface area contributed by atoms with E-state index in [1.807, 2.05) is 24.3 Å². The smallest absolute Gasteiger partial charge is 0.129 e. The molecule has 19 heavy (non-hydrogen) atoms. The number of nitrogens with one attached hydrogen (secondary N) is 1. The minimum atomic E-state index is 0.479. The molecule has 0 amide bonds. The van der Waals surface area contributed by atoms with Gasteiger partial charge >= 0.3 is 0 Å². The minimum absolute atomic E-state index is 0.479. The van der Waals surface area contributed by atoms with Gasteiger partial charge in [0.15, 0.2) is 0 Å². The van der Waals surface area contributed by atoms with Crippen LogP contribution in [0.1, 0.15) is 30.7 Å². The van der Waals surface area contributed by atoms with Crippen LogP contribution in [0, 0.1) is 0 Å². The summed E-state index contributed by atoms with van der Waals surface area (Å²) in [5, 5.41) is 3.36. The summed E-state index contributed by atoms with van der Waals surface area (Å²) in [5.74, 6) is 0.872. The molecule has 0 aliphatic carbocycles. The Bertz CT molecular complexity index is 477. The van der Waals surface area contributed by atoms with Crippen LogP contribution >= 0.6 is 0 Å². The molecular weight excluding hydrogens is 238 g/mol. The predicted octanol–water partition coefficient (Wildman–Crippen LogP) is 3.49. The van der Waals surface area contributed by atoms with E-state index in [1.54, 1.807) is 6.26 Å². The lowest BCUT2D eigenvalue weighted by Crippen LogP contribution is -2.21. The summed E-state index contributed by atoms with van der Waals surface area (Å²) in [4.78, 5) is 0. The maximum Gasteiger partial charge on any atom is 0.129 e. The quantitative estimate of drug-likeness (QED) is 0.826. The molecule has 0 aliphatic heterocycles. The van der Waals surface area contributed by atoms with E-state index < -0.39 is 0 Å². The van der Waals surface area contributed by atoms with Crippen LogP contribution < -0.4 is 5.32 Å². The average molecular weight is 259 g/mol. The Morgan fingerprint density at radius 2 is 1.89 bits per heavy atom. The second-order valence-electron chi connectivity index (χ2n) is 4.94. The SMILES string of the molecule is CC(C)NCc1coc(COCc2ccccc2)c1. The molecule has 0 spiro atoms. The average Bonchev–Trinajstić information content (AvgIpc) is 2.86. The highest BCUT2D eigenvalue weighted by Gasteiger charge is 2.03. The van der Waals surface area contributed by atoms with Crippen molar-refractivity contribution in [2.75, 3.05) is 0 Å². The Labute approximate surface area is 114 Å². The molecule has 2 aromatic rings. The summed E-state index contributed by atoms with van der Waals surface area (Å²) in [6.07, 6.45) is 1.79. The Hall–Kier alpha value is -1.58. The summed E-state index contributed by atoms with van der Waals surface area (Å²) < 4.78 is 11.1. The zero-order valence-corrected chi connectivity index (χ0v) is 11.6. The highest BCUT2D eigenvalue weighted by atomic mass is 16.5. The van der Waals surface area contributed by atoms with E-state index in [2.05, 4.69) is 31.3 Å². The molecule has 1 aromatic carbocycles. The van der Waals surface area contributed by atoms with Crippen molar-refractivity contribution in [3.8, 4) is 0 Å². The van der Waals surface area contributed by atoms with E-state index in [0.29, 0.717) is 19.3 Å². The largest absolute Gasteiger partial charge is 0.467 e. The van der Waals surface area contributed by atoms with E-state index in [4.69, 9.17) is 9.15 Å². The molecule has 102 valence electrons. The van der Waals surface area contributed by atoms with Crippen LogP contribution in [0.2, 0.25) is 0 Å². The first-order chi connectivity index (χ1) is 9.24. The van der Waals surface area contributed by atoms with Gasteiger partial charge < -0.3 is 14.5 Å². The van der Waals surface area contributed by atoms with E-state index in [0.717, 1.165) is 17.9 Å². The van der Waals surface area contributed by atoms with Crippen molar-refractivity contribution >= 4 is 0 Å². The van der Waals surface area contributed by atoms with E-state index >= 15 is 0 Å². The first kappa shape index (κ1) is 13.8. The highest BCUT2D eigenvalue weighted by molar-refractivity contribution is 5.14. The van der Waals surface area contributed by atoms with Gasteiger partial charge in [-0.05, 0) is 11.6 Å². The molecule has 0 unspecified atom stereocenters. The first-order valence-corrected chi connectivity index (χ1v) is 6.65. The van der Waals surface area contributed by atoms with Crippen LogP contribution in [-0.4, -0.2) is 6.04 Å². The van der Waals surface area contributed by atoms with Gasteiger partial charge in [-0.2, -0.15) is 0 Å². The monoisotopic (exact) mass is 259 g/mol. The van der Waals surface area contributed by atoms with Gasteiger partial charge in [0, 0.05) is 18.2 Å². The van der Waals surface area contributed by atoms with Gasteiger partial charge in [-0.25, -0.2) is 0 Å². The molecule has 3 nitrogen and oxygen atoms in total. The lowest BCUT2D eigenvalue weighted by molar-refractivity contribution is 0.0929. The molecule has 1 N–H and O–H groups in total. The zero-order chi connectivity index (χ0) is 13.5. The van der Waals surface area contributed by atoms with Crippen molar-refractivity contribution in [1.82, 2.24) is 5.32 Å². The molecule has 2 rings (SSSR count). The Balaban J connectivity index is 1.74. The van der Waals surface area contributed by atoms with Gasteiger partial charge in [-0.1, -0.05) is 44.2 Å². The summed E-state index contributed by atoms with van der Waals surface area (Å²) in [5.41, 5.74) is 2.34. The second-order valence-corrected chi connectivity index (χ2v) is 4.94. The van der Waals surface area contributed by atoms with Crippen LogP contribution in [0.15, 0.2) is 47.1 Å². The highest BCUT2D eigenvalue weighted by Crippen LogP contribution is 2.10. The van der Waals surface area contributed by atoms with Crippen molar-refractivity contribution in [3.05, 3.63) is 59.5 Å². The van der Waals surface area contributed by atoms with Crippen LogP contribution in [0.5, 0.6) is 0 Å². The van der Waals surface area contributed by atoms with Gasteiger partial charge in [0.1, 0.15) is 12.4 Å².